The molecule has 1 aromatic heterocycles. The van der Waals surface area contributed by atoms with Gasteiger partial charge >= 0.3 is 0 Å². The Morgan fingerprint density at radius 3 is 2.70 bits per heavy atom. The van der Waals surface area contributed by atoms with E-state index in [0.29, 0.717) is 12.3 Å². The molecule has 2 aromatic rings. The highest BCUT2D eigenvalue weighted by Crippen LogP contribution is 2.24. The van der Waals surface area contributed by atoms with E-state index in [-0.39, 0.29) is 17.6 Å². The van der Waals surface area contributed by atoms with Crippen molar-refractivity contribution in [1.29, 1.82) is 0 Å². The highest BCUT2D eigenvalue weighted by Gasteiger charge is 2.11. The van der Waals surface area contributed by atoms with E-state index < -0.39 is 0 Å². The van der Waals surface area contributed by atoms with Gasteiger partial charge in [-0.25, -0.2) is 4.39 Å². The zero-order valence-corrected chi connectivity index (χ0v) is 11.9. The number of nitrogens with zero attached hydrogens (tertiary/aromatic N) is 2. The van der Waals surface area contributed by atoms with Gasteiger partial charge in [0.05, 0.1) is 24.0 Å². The van der Waals surface area contributed by atoms with Crippen LogP contribution >= 0.6 is 0 Å². The Bertz CT molecular complexity index is 589. The van der Waals surface area contributed by atoms with Gasteiger partial charge in [0.2, 0.25) is 0 Å². The van der Waals surface area contributed by atoms with E-state index in [0.717, 1.165) is 11.4 Å². The first-order valence-corrected chi connectivity index (χ1v) is 6.58. The number of hydrogen-bond acceptors (Lipinski definition) is 4. The van der Waals surface area contributed by atoms with Crippen molar-refractivity contribution < 1.29 is 9.13 Å². The number of aryl methyl sites for hydroxylation is 1. The van der Waals surface area contributed by atoms with Crippen molar-refractivity contribution in [2.75, 3.05) is 11.9 Å². The van der Waals surface area contributed by atoms with Gasteiger partial charge in [0, 0.05) is 24.1 Å². The number of rotatable bonds is 5. The van der Waals surface area contributed by atoms with Gasteiger partial charge in [0.1, 0.15) is 0 Å². The van der Waals surface area contributed by atoms with Crippen LogP contribution in [0.15, 0.2) is 30.6 Å². The van der Waals surface area contributed by atoms with Gasteiger partial charge in [-0.3, -0.25) is 9.97 Å². The number of nitrogens with one attached hydrogen (secondary N) is 1. The monoisotopic (exact) mass is 275 g/mol. The minimum Gasteiger partial charge on any atom is -0.491 e. The molecule has 106 valence electrons. The predicted octanol–water partition coefficient (Wildman–Crippen LogP) is 3.50. The van der Waals surface area contributed by atoms with Crippen molar-refractivity contribution in [2.45, 2.75) is 26.8 Å². The first-order chi connectivity index (χ1) is 9.61. The maximum absolute atomic E-state index is 13.8. The first kappa shape index (κ1) is 14.2. The summed E-state index contributed by atoms with van der Waals surface area (Å²) < 4.78 is 19.0. The molecule has 5 heteroatoms. The number of benzene rings is 1. The zero-order valence-electron chi connectivity index (χ0n) is 11.9. The Balaban J connectivity index is 2.14. The van der Waals surface area contributed by atoms with Crippen LogP contribution in [-0.4, -0.2) is 16.6 Å². The number of ether oxygens (including phenoxy) is 1. The topological polar surface area (TPSA) is 47.0 Å². The van der Waals surface area contributed by atoms with Crippen LogP contribution in [0.5, 0.6) is 5.75 Å². The molecule has 2 rings (SSSR count). The number of halogens is 1. The SMILES string of the molecule is CCOc1ccc(NC(C)c2nccnc2C)cc1F. The quantitative estimate of drug-likeness (QED) is 0.907. The Labute approximate surface area is 118 Å². The lowest BCUT2D eigenvalue weighted by Crippen LogP contribution is -2.11. The smallest absolute Gasteiger partial charge is 0.167 e. The van der Waals surface area contributed by atoms with Gasteiger partial charge in [0.15, 0.2) is 11.6 Å². The average Bonchev–Trinajstić information content (AvgIpc) is 2.42. The van der Waals surface area contributed by atoms with Crippen molar-refractivity contribution in [3.8, 4) is 5.75 Å². The summed E-state index contributed by atoms with van der Waals surface area (Å²) >= 11 is 0. The molecule has 0 spiro atoms. The van der Waals surface area contributed by atoms with Gasteiger partial charge in [-0.15, -0.1) is 0 Å². The summed E-state index contributed by atoms with van der Waals surface area (Å²) in [6, 6.07) is 4.78. The molecule has 0 amide bonds. The summed E-state index contributed by atoms with van der Waals surface area (Å²) in [7, 11) is 0. The fraction of sp³-hybridized carbons (Fsp3) is 0.333. The number of aromatic nitrogens is 2. The molecule has 0 bridgehead atoms. The summed E-state index contributed by atoms with van der Waals surface area (Å²) in [4.78, 5) is 8.50. The molecule has 20 heavy (non-hydrogen) atoms. The molecule has 1 heterocycles. The Kier molecular flexibility index (Phi) is 4.50. The van der Waals surface area contributed by atoms with Crippen LogP contribution in [0.1, 0.15) is 31.3 Å². The summed E-state index contributed by atoms with van der Waals surface area (Å²) in [5.41, 5.74) is 2.39. The lowest BCUT2D eigenvalue weighted by molar-refractivity contribution is 0.321. The third kappa shape index (κ3) is 3.23. The van der Waals surface area contributed by atoms with E-state index in [1.807, 2.05) is 20.8 Å². The van der Waals surface area contributed by atoms with Crippen LogP contribution in [0.4, 0.5) is 10.1 Å². The molecule has 1 N–H and O–H groups in total. The molecule has 0 aliphatic heterocycles. The second-order valence-corrected chi connectivity index (χ2v) is 4.47. The van der Waals surface area contributed by atoms with E-state index in [1.54, 1.807) is 24.5 Å². The van der Waals surface area contributed by atoms with Gasteiger partial charge in [-0.05, 0) is 32.9 Å². The fourth-order valence-corrected chi connectivity index (χ4v) is 2.02. The summed E-state index contributed by atoms with van der Waals surface area (Å²) in [5, 5.41) is 3.21. The van der Waals surface area contributed by atoms with Crippen LogP contribution in [-0.2, 0) is 0 Å². The second-order valence-electron chi connectivity index (χ2n) is 4.47. The van der Waals surface area contributed by atoms with Crippen molar-refractivity contribution >= 4 is 5.69 Å². The first-order valence-electron chi connectivity index (χ1n) is 6.58. The van der Waals surface area contributed by atoms with Crippen LogP contribution in [0.25, 0.3) is 0 Å². The largest absolute Gasteiger partial charge is 0.491 e. The molecule has 4 nitrogen and oxygen atoms in total. The molecule has 0 saturated carbocycles. The Hall–Kier alpha value is -2.17. The maximum atomic E-state index is 13.8. The van der Waals surface area contributed by atoms with Crippen molar-refractivity contribution in [3.63, 3.8) is 0 Å². The van der Waals surface area contributed by atoms with Gasteiger partial charge in [-0.2, -0.15) is 0 Å². The van der Waals surface area contributed by atoms with Gasteiger partial charge < -0.3 is 10.1 Å². The van der Waals surface area contributed by atoms with E-state index >= 15 is 0 Å². The van der Waals surface area contributed by atoms with E-state index in [4.69, 9.17) is 4.74 Å². The maximum Gasteiger partial charge on any atom is 0.167 e. The molecule has 1 unspecified atom stereocenters. The highest BCUT2D eigenvalue weighted by atomic mass is 19.1. The molecular formula is C15H18FN3O. The molecular weight excluding hydrogens is 257 g/mol. The normalized spacial score (nSPS) is 12.0. The lowest BCUT2D eigenvalue weighted by atomic mass is 10.1. The zero-order chi connectivity index (χ0) is 14.5. The summed E-state index contributed by atoms with van der Waals surface area (Å²) in [5.74, 6) is -0.110. The third-order valence-corrected chi connectivity index (χ3v) is 2.94. The summed E-state index contributed by atoms with van der Waals surface area (Å²) in [6.07, 6.45) is 3.31. The number of hydrogen-bond donors (Lipinski definition) is 1. The third-order valence-electron chi connectivity index (χ3n) is 2.94. The van der Waals surface area contributed by atoms with Crippen molar-refractivity contribution in [3.05, 3.63) is 47.8 Å². The predicted molar refractivity (Wildman–Crippen MR) is 76.4 cm³/mol. The van der Waals surface area contributed by atoms with Crippen molar-refractivity contribution in [1.82, 2.24) is 9.97 Å². The van der Waals surface area contributed by atoms with Crippen LogP contribution < -0.4 is 10.1 Å². The summed E-state index contributed by atoms with van der Waals surface area (Å²) in [6.45, 7) is 6.13. The Morgan fingerprint density at radius 2 is 2.05 bits per heavy atom. The van der Waals surface area contributed by atoms with Gasteiger partial charge in [-0.1, -0.05) is 0 Å². The molecule has 1 aromatic carbocycles. The van der Waals surface area contributed by atoms with Crippen LogP contribution in [0, 0.1) is 12.7 Å². The molecule has 0 fully saturated rings. The minimum atomic E-state index is -0.375. The van der Waals surface area contributed by atoms with Gasteiger partial charge in [0.25, 0.3) is 0 Å². The molecule has 0 aliphatic rings. The minimum absolute atomic E-state index is 0.0546. The van der Waals surface area contributed by atoms with Crippen LogP contribution in [0.2, 0.25) is 0 Å². The molecule has 0 saturated heterocycles. The standard InChI is InChI=1S/C15H18FN3O/c1-4-20-14-6-5-12(9-13(14)16)19-11(3)15-10(2)17-7-8-18-15/h5-9,11,19H,4H2,1-3H3. The molecule has 1 atom stereocenters. The van der Waals surface area contributed by atoms with E-state index in [9.17, 15) is 4.39 Å². The molecule has 0 aliphatic carbocycles. The van der Waals surface area contributed by atoms with Crippen molar-refractivity contribution in [2.24, 2.45) is 0 Å². The Morgan fingerprint density at radius 1 is 1.30 bits per heavy atom. The second kappa shape index (κ2) is 6.32. The molecule has 0 radical (unpaired) electrons. The number of anilines is 1. The fourth-order valence-electron chi connectivity index (χ4n) is 2.02. The highest BCUT2D eigenvalue weighted by molar-refractivity contribution is 5.48. The lowest BCUT2D eigenvalue weighted by Gasteiger charge is -2.16. The van der Waals surface area contributed by atoms with Crippen LogP contribution in [0.3, 0.4) is 0 Å². The van der Waals surface area contributed by atoms with E-state index in [1.165, 1.54) is 6.07 Å². The average molecular weight is 275 g/mol. The van der Waals surface area contributed by atoms with E-state index in [2.05, 4.69) is 15.3 Å².